The fraction of sp³-hybridized carbons (Fsp3) is 0.333. The first-order valence-corrected chi connectivity index (χ1v) is 7.67. The van der Waals surface area contributed by atoms with Gasteiger partial charge < -0.3 is 19.9 Å². The quantitative estimate of drug-likeness (QED) is 0.832. The molecule has 11 heteroatoms. The van der Waals surface area contributed by atoms with Gasteiger partial charge in [-0.25, -0.2) is 4.79 Å². The van der Waals surface area contributed by atoms with Gasteiger partial charge in [0.05, 0.1) is 6.54 Å². The number of aromatic nitrogens is 3. The topological polar surface area (TPSA) is 116 Å². The highest BCUT2D eigenvalue weighted by molar-refractivity contribution is 5.94. The first-order valence-electron chi connectivity index (χ1n) is 7.67. The Morgan fingerprint density at radius 2 is 2.08 bits per heavy atom. The van der Waals surface area contributed by atoms with Gasteiger partial charge in [-0.2, -0.15) is 0 Å². The first kappa shape index (κ1) is 16.2. The van der Waals surface area contributed by atoms with Crippen LogP contribution in [-0.2, 0) is 17.8 Å². The van der Waals surface area contributed by atoms with Crippen molar-refractivity contribution in [3.63, 3.8) is 0 Å². The molecule has 0 saturated carbocycles. The number of nitrogens with one attached hydrogen (secondary N) is 1. The molecule has 2 aliphatic heterocycles. The molecule has 0 fully saturated rings. The van der Waals surface area contributed by atoms with Crippen molar-refractivity contribution in [2.24, 2.45) is 0 Å². The van der Waals surface area contributed by atoms with Gasteiger partial charge >= 0.3 is 12.3 Å². The Morgan fingerprint density at radius 1 is 1.31 bits per heavy atom. The molecular formula is C15H12F2N4O5. The Kier molecular flexibility index (Phi) is 3.53. The molecule has 0 aliphatic carbocycles. The van der Waals surface area contributed by atoms with Crippen LogP contribution in [0.15, 0.2) is 18.2 Å². The smallest absolute Gasteiger partial charge is 0.480 e. The maximum Gasteiger partial charge on any atom is 0.586 e. The first-order chi connectivity index (χ1) is 12.3. The molecule has 0 spiro atoms. The van der Waals surface area contributed by atoms with Crippen molar-refractivity contribution in [3.05, 3.63) is 35.4 Å². The minimum atomic E-state index is -3.76. The molecule has 4 rings (SSSR count). The number of aliphatic carboxylic acids is 1. The number of alkyl halides is 2. The van der Waals surface area contributed by atoms with Gasteiger partial charge in [-0.3, -0.25) is 9.36 Å². The third kappa shape index (κ3) is 2.70. The fourth-order valence-corrected chi connectivity index (χ4v) is 2.99. The zero-order valence-corrected chi connectivity index (χ0v) is 13.1. The second-order valence-electron chi connectivity index (χ2n) is 5.81. The van der Waals surface area contributed by atoms with Crippen molar-refractivity contribution in [1.29, 1.82) is 0 Å². The summed E-state index contributed by atoms with van der Waals surface area (Å²) in [6, 6.07) is 2.90. The van der Waals surface area contributed by atoms with Crippen molar-refractivity contribution in [2.75, 3.05) is 0 Å². The van der Waals surface area contributed by atoms with Crippen LogP contribution in [0.3, 0.4) is 0 Å². The molecule has 2 aliphatic rings. The van der Waals surface area contributed by atoms with E-state index in [-0.39, 0.29) is 23.6 Å². The Labute approximate surface area is 144 Å². The number of halogens is 2. The standard InChI is InChI=1S/C15H12F2N4O5/c16-15(17)25-9-3-1-7(5-10(9)26-15)13(22)18-6-12-20-19-11-4-2-8(14(23)24)21(11)12/h1,3,5,8H,2,4,6H2,(H,18,22)(H,23,24). The monoisotopic (exact) mass is 366 g/mol. The largest absolute Gasteiger partial charge is 0.586 e. The highest BCUT2D eigenvalue weighted by Crippen LogP contribution is 2.41. The van der Waals surface area contributed by atoms with E-state index in [1.807, 2.05) is 0 Å². The molecule has 1 amide bonds. The normalized spacial score (nSPS) is 19.2. The summed E-state index contributed by atoms with van der Waals surface area (Å²) in [7, 11) is 0. The summed E-state index contributed by atoms with van der Waals surface area (Å²) in [5, 5.41) is 19.6. The summed E-state index contributed by atoms with van der Waals surface area (Å²) in [6.07, 6.45) is -2.85. The highest BCUT2D eigenvalue weighted by Gasteiger charge is 2.43. The number of carboxylic acid groups (broad SMARTS) is 1. The summed E-state index contributed by atoms with van der Waals surface area (Å²) < 4.78 is 36.1. The lowest BCUT2D eigenvalue weighted by atomic mass is 10.2. The van der Waals surface area contributed by atoms with Crippen LogP contribution in [0, 0.1) is 0 Å². The van der Waals surface area contributed by atoms with Crippen molar-refractivity contribution in [2.45, 2.75) is 31.7 Å². The number of amides is 1. The molecule has 0 bridgehead atoms. The predicted octanol–water partition coefficient (Wildman–Crippen LogP) is 1.10. The Bertz CT molecular complexity index is 913. The molecule has 0 radical (unpaired) electrons. The van der Waals surface area contributed by atoms with Gasteiger partial charge in [0.25, 0.3) is 5.91 Å². The minimum Gasteiger partial charge on any atom is -0.480 e. The number of nitrogens with zero attached hydrogens (tertiary/aromatic N) is 3. The molecule has 136 valence electrons. The number of carbonyl (C=O) groups excluding carboxylic acids is 1. The summed E-state index contributed by atoms with van der Waals surface area (Å²) in [6.45, 7) is -0.0553. The van der Waals surface area contributed by atoms with E-state index >= 15 is 0 Å². The molecule has 1 aromatic heterocycles. The van der Waals surface area contributed by atoms with E-state index in [1.165, 1.54) is 16.7 Å². The van der Waals surface area contributed by atoms with Crippen LogP contribution in [0.4, 0.5) is 8.78 Å². The maximum atomic E-state index is 13.0. The Balaban J connectivity index is 1.47. The van der Waals surface area contributed by atoms with Gasteiger partial charge in [-0.15, -0.1) is 19.0 Å². The number of carboxylic acids is 1. The van der Waals surface area contributed by atoms with E-state index in [2.05, 4.69) is 25.0 Å². The molecule has 2 N–H and O–H groups in total. The zero-order valence-electron chi connectivity index (χ0n) is 13.1. The molecule has 1 atom stereocenters. The number of carbonyl (C=O) groups is 2. The van der Waals surface area contributed by atoms with E-state index in [0.717, 1.165) is 6.07 Å². The van der Waals surface area contributed by atoms with Gasteiger partial charge in [-0.05, 0) is 24.6 Å². The molecule has 9 nitrogen and oxygen atoms in total. The maximum absolute atomic E-state index is 13.0. The van der Waals surface area contributed by atoms with Crippen molar-refractivity contribution in [3.8, 4) is 11.5 Å². The summed E-state index contributed by atoms with van der Waals surface area (Å²) in [4.78, 5) is 23.5. The van der Waals surface area contributed by atoms with Crippen LogP contribution < -0.4 is 14.8 Å². The lowest BCUT2D eigenvalue weighted by molar-refractivity contribution is -0.286. The van der Waals surface area contributed by atoms with Crippen LogP contribution >= 0.6 is 0 Å². The second-order valence-corrected chi connectivity index (χ2v) is 5.81. The average molecular weight is 366 g/mol. The number of ether oxygens (including phenoxy) is 2. The molecular weight excluding hydrogens is 354 g/mol. The number of fused-ring (bicyclic) bond motifs is 2. The molecule has 2 aromatic rings. The highest BCUT2D eigenvalue weighted by atomic mass is 19.3. The minimum absolute atomic E-state index is 0.0553. The van der Waals surface area contributed by atoms with E-state index in [0.29, 0.717) is 24.5 Å². The zero-order chi connectivity index (χ0) is 18.5. The third-order valence-electron chi connectivity index (χ3n) is 4.15. The van der Waals surface area contributed by atoms with Crippen LogP contribution in [0.2, 0.25) is 0 Å². The second kappa shape index (κ2) is 5.64. The fourth-order valence-electron chi connectivity index (χ4n) is 2.99. The Hall–Kier alpha value is -3.24. The van der Waals surface area contributed by atoms with Gasteiger partial charge in [0, 0.05) is 12.0 Å². The molecule has 1 unspecified atom stereocenters. The number of rotatable bonds is 4. The van der Waals surface area contributed by atoms with Gasteiger partial charge in [0.15, 0.2) is 17.3 Å². The SMILES string of the molecule is O=C(NCc1nnc2n1C(C(=O)O)CC2)c1ccc2c(c1)OC(F)(F)O2. The lowest BCUT2D eigenvalue weighted by Gasteiger charge is -2.11. The van der Waals surface area contributed by atoms with Crippen molar-refractivity contribution in [1.82, 2.24) is 20.1 Å². The van der Waals surface area contributed by atoms with Gasteiger partial charge in [-0.1, -0.05) is 0 Å². The molecule has 3 heterocycles. The van der Waals surface area contributed by atoms with E-state index in [4.69, 9.17) is 0 Å². The van der Waals surface area contributed by atoms with E-state index < -0.39 is 24.2 Å². The van der Waals surface area contributed by atoms with Crippen molar-refractivity contribution < 1.29 is 33.0 Å². The van der Waals surface area contributed by atoms with Crippen LogP contribution in [0.1, 0.15) is 34.5 Å². The summed E-state index contributed by atoms with van der Waals surface area (Å²) in [5.41, 5.74) is 0.0843. The number of hydrogen-bond donors (Lipinski definition) is 2. The number of aryl methyl sites for hydroxylation is 1. The van der Waals surface area contributed by atoms with Crippen molar-refractivity contribution >= 4 is 11.9 Å². The van der Waals surface area contributed by atoms with Gasteiger partial charge in [0.1, 0.15) is 11.9 Å². The van der Waals surface area contributed by atoms with Crippen LogP contribution in [0.5, 0.6) is 11.5 Å². The Morgan fingerprint density at radius 3 is 2.85 bits per heavy atom. The van der Waals surface area contributed by atoms with E-state index in [1.54, 1.807) is 0 Å². The number of benzene rings is 1. The van der Waals surface area contributed by atoms with Crippen LogP contribution in [-0.4, -0.2) is 38.0 Å². The third-order valence-corrected chi connectivity index (χ3v) is 4.15. The molecule has 0 saturated heterocycles. The average Bonchev–Trinajstić information content (AvgIpc) is 3.23. The molecule has 26 heavy (non-hydrogen) atoms. The van der Waals surface area contributed by atoms with E-state index in [9.17, 15) is 23.5 Å². The number of hydrogen-bond acceptors (Lipinski definition) is 6. The van der Waals surface area contributed by atoms with Crippen LogP contribution in [0.25, 0.3) is 0 Å². The predicted molar refractivity (Wildman–Crippen MR) is 78.8 cm³/mol. The summed E-state index contributed by atoms with van der Waals surface area (Å²) >= 11 is 0. The van der Waals surface area contributed by atoms with Gasteiger partial charge in [0.2, 0.25) is 0 Å². The molecule has 1 aromatic carbocycles. The summed E-state index contributed by atoms with van der Waals surface area (Å²) in [5.74, 6) is -1.10. The lowest BCUT2D eigenvalue weighted by Crippen LogP contribution is -2.26.